The monoisotopic (exact) mass is 638 g/mol. The van der Waals surface area contributed by atoms with E-state index < -0.39 is 32.3 Å². The standard InChI is InChI=1S/C32H36F2N6O4S/c1-19(2)39-9-11-40(12-10-39)28-6-4-25(32(35)41)30(36-22-7-13-44-14-8-22)29(28)31-26-18-23(3-5-27(26)37-38-31)45(42,43)24-16-20(33)15-21(34)17-24/h3-6,15-19,22,36H,7-14H2,1-2H3,(H2,35,41)(H,37,38). The first-order valence-corrected chi connectivity index (χ1v) is 16.5. The summed E-state index contributed by atoms with van der Waals surface area (Å²) in [6, 6.07) is 10.6. The minimum Gasteiger partial charge on any atom is -0.381 e. The summed E-state index contributed by atoms with van der Waals surface area (Å²) in [6.07, 6.45) is 1.45. The van der Waals surface area contributed by atoms with E-state index in [1.807, 2.05) is 6.07 Å². The SMILES string of the molecule is CC(C)N1CCN(c2ccc(C(N)=O)c(NC3CCOCC3)c2-c2n[nH]c3ccc(S(=O)(=O)c4cc(F)cc(F)c4)cc23)CC1. The van der Waals surface area contributed by atoms with E-state index in [1.54, 1.807) is 12.1 Å². The van der Waals surface area contributed by atoms with Gasteiger partial charge in [-0.05, 0) is 69.2 Å². The second-order valence-corrected chi connectivity index (χ2v) is 13.7. The fourth-order valence-corrected chi connectivity index (χ4v) is 7.47. The van der Waals surface area contributed by atoms with E-state index in [0.29, 0.717) is 53.2 Å². The van der Waals surface area contributed by atoms with E-state index in [-0.39, 0.29) is 16.5 Å². The van der Waals surface area contributed by atoms with Gasteiger partial charge in [-0.2, -0.15) is 5.10 Å². The number of hydrogen-bond acceptors (Lipinski definition) is 8. The lowest BCUT2D eigenvalue weighted by Gasteiger charge is -2.39. The molecule has 2 fully saturated rings. The fraction of sp³-hybridized carbons (Fsp3) is 0.375. The van der Waals surface area contributed by atoms with Crippen LogP contribution in [0.4, 0.5) is 20.2 Å². The zero-order valence-corrected chi connectivity index (χ0v) is 26.0. The number of H-pyrrole nitrogens is 1. The van der Waals surface area contributed by atoms with Gasteiger partial charge in [-0.15, -0.1) is 0 Å². The van der Waals surface area contributed by atoms with Crippen molar-refractivity contribution in [3.8, 4) is 11.3 Å². The molecular weight excluding hydrogens is 602 g/mol. The van der Waals surface area contributed by atoms with Crippen molar-refractivity contribution in [1.82, 2.24) is 15.1 Å². The fourth-order valence-electron chi connectivity index (χ4n) is 6.15. The maximum absolute atomic E-state index is 14.0. The average molecular weight is 639 g/mol. The summed E-state index contributed by atoms with van der Waals surface area (Å²) in [6.45, 7) is 8.61. The summed E-state index contributed by atoms with van der Waals surface area (Å²) in [5.74, 6) is -2.60. The molecule has 3 heterocycles. The maximum Gasteiger partial charge on any atom is 0.250 e. The number of nitrogens with two attached hydrogens (primary N) is 1. The van der Waals surface area contributed by atoms with Gasteiger partial charge in [-0.3, -0.25) is 14.8 Å². The number of aromatic nitrogens is 2. The van der Waals surface area contributed by atoms with Crippen molar-refractivity contribution >= 4 is 38.0 Å². The Morgan fingerprint density at radius 2 is 1.69 bits per heavy atom. The molecule has 3 aromatic carbocycles. The molecule has 0 aliphatic carbocycles. The van der Waals surface area contributed by atoms with Crippen molar-refractivity contribution in [2.75, 3.05) is 49.6 Å². The van der Waals surface area contributed by atoms with Crippen LogP contribution in [0.1, 0.15) is 37.0 Å². The molecule has 1 aromatic heterocycles. The third kappa shape index (κ3) is 6.11. The van der Waals surface area contributed by atoms with Crippen LogP contribution in [-0.4, -0.2) is 80.9 Å². The molecule has 1 amide bonds. The van der Waals surface area contributed by atoms with Crippen LogP contribution in [-0.2, 0) is 14.6 Å². The van der Waals surface area contributed by atoms with Crippen LogP contribution in [0.5, 0.6) is 0 Å². The highest BCUT2D eigenvalue weighted by atomic mass is 32.2. The van der Waals surface area contributed by atoms with Gasteiger partial charge in [0.2, 0.25) is 9.84 Å². The normalized spacial score (nSPS) is 16.9. The first-order valence-electron chi connectivity index (χ1n) is 15.0. The van der Waals surface area contributed by atoms with Crippen molar-refractivity contribution in [3.63, 3.8) is 0 Å². The first kappa shape index (κ1) is 30.9. The van der Waals surface area contributed by atoms with Crippen molar-refractivity contribution in [2.45, 2.75) is 48.6 Å². The smallest absolute Gasteiger partial charge is 0.250 e. The number of carbonyl (C=O) groups is 1. The highest BCUT2D eigenvalue weighted by Crippen LogP contribution is 2.43. The molecule has 2 aliphatic heterocycles. The number of nitrogens with one attached hydrogen (secondary N) is 2. The third-order valence-corrected chi connectivity index (χ3v) is 10.4. The minimum absolute atomic E-state index is 0.00709. The number of anilines is 2. The van der Waals surface area contributed by atoms with Crippen LogP contribution >= 0.6 is 0 Å². The topological polar surface area (TPSA) is 134 Å². The van der Waals surface area contributed by atoms with Gasteiger partial charge in [0.25, 0.3) is 5.91 Å². The summed E-state index contributed by atoms with van der Waals surface area (Å²) in [5, 5.41) is 11.7. The Labute approximate surface area is 260 Å². The Balaban J connectivity index is 1.54. The van der Waals surface area contributed by atoms with E-state index >= 15 is 0 Å². The largest absolute Gasteiger partial charge is 0.381 e. The van der Waals surface area contributed by atoms with Crippen molar-refractivity contribution in [1.29, 1.82) is 0 Å². The van der Waals surface area contributed by atoms with Gasteiger partial charge in [-0.1, -0.05) is 0 Å². The number of sulfone groups is 1. The second kappa shape index (κ2) is 12.4. The maximum atomic E-state index is 14.0. The zero-order valence-electron chi connectivity index (χ0n) is 25.1. The minimum atomic E-state index is -4.29. The summed E-state index contributed by atoms with van der Waals surface area (Å²) in [4.78, 5) is 16.8. The van der Waals surface area contributed by atoms with E-state index in [4.69, 9.17) is 10.5 Å². The van der Waals surface area contributed by atoms with Gasteiger partial charge in [-0.25, -0.2) is 17.2 Å². The highest BCUT2D eigenvalue weighted by molar-refractivity contribution is 7.91. The van der Waals surface area contributed by atoms with Gasteiger partial charge in [0.05, 0.1) is 32.1 Å². The lowest BCUT2D eigenvalue weighted by molar-refractivity contribution is 0.0904. The number of aromatic amines is 1. The van der Waals surface area contributed by atoms with Gasteiger partial charge < -0.3 is 20.7 Å². The Kier molecular flexibility index (Phi) is 8.51. The Morgan fingerprint density at radius 1 is 1.00 bits per heavy atom. The predicted molar refractivity (Wildman–Crippen MR) is 168 cm³/mol. The molecule has 0 unspecified atom stereocenters. The molecule has 6 rings (SSSR count). The molecule has 2 saturated heterocycles. The molecule has 238 valence electrons. The van der Waals surface area contributed by atoms with E-state index in [9.17, 15) is 22.0 Å². The zero-order chi connectivity index (χ0) is 31.9. The van der Waals surface area contributed by atoms with Crippen LogP contribution in [0, 0.1) is 11.6 Å². The van der Waals surface area contributed by atoms with E-state index in [0.717, 1.165) is 56.8 Å². The molecule has 4 aromatic rings. The number of carbonyl (C=O) groups excluding carboxylic acids is 1. The van der Waals surface area contributed by atoms with Gasteiger partial charge in [0.1, 0.15) is 17.3 Å². The Bertz CT molecular complexity index is 1830. The van der Waals surface area contributed by atoms with Crippen molar-refractivity contribution < 1.29 is 26.7 Å². The predicted octanol–water partition coefficient (Wildman–Crippen LogP) is 4.56. The number of rotatable bonds is 8. The van der Waals surface area contributed by atoms with Crippen molar-refractivity contribution in [3.05, 3.63) is 65.7 Å². The number of benzene rings is 3. The molecule has 45 heavy (non-hydrogen) atoms. The third-order valence-electron chi connectivity index (χ3n) is 8.63. The summed E-state index contributed by atoms with van der Waals surface area (Å²) in [7, 11) is -4.29. The van der Waals surface area contributed by atoms with Gasteiger partial charge >= 0.3 is 0 Å². The molecule has 0 radical (unpaired) electrons. The van der Waals surface area contributed by atoms with Crippen LogP contribution in [0.25, 0.3) is 22.2 Å². The summed E-state index contributed by atoms with van der Waals surface area (Å²) >= 11 is 0. The highest BCUT2D eigenvalue weighted by Gasteiger charge is 2.29. The molecule has 2 aliphatic rings. The quantitative estimate of drug-likeness (QED) is 0.256. The lowest BCUT2D eigenvalue weighted by Crippen LogP contribution is -2.49. The first-order chi connectivity index (χ1) is 21.5. The average Bonchev–Trinajstić information content (AvgIpc) is 3.44. The number of nitrogens with zero attached hydrogens (tertiary/aromatic N) is 3. The van der Waals surface area contributed by atoms with Gasteiger partial charge in [0, 0.05) is 68.6 Å². The van der Waals surface area contributed by atoms with Crippen LogP contribution < -0.4 is 16.0 Å². The second-order valence-electron chi connectivity index (χ2n) is 11.8. The van der Waals surface area contributed by atoms with Crippen LogP contribution in [0.3, 0.4) is 0 Å². The summed E-state index contributed by atoms with van der Waals surface area (Å²) in [5.41, 5.74) is 9.14. The number of hydrogen-bond donors (Lipinski definition) is 3. The number of piperazine rings is 1. The molecule has 0 bridgehead atoms. The number of fused-ring (bicyclic) bond motifs is 1. The number of primary amides is 1. The lowest BCUT2D eigenvalue weighted by atomic mass is 9.96. The molecule has 4 N–H and O–H groups in total. The molecule has 0 atom stereocenters. The summed E-state index contributed by atoms with van der Waals surface area (Å²) < 4.78 is 60.7. The molecular formula is C32H36F2N6O4S. The van der Waals surface area contributed by atoms with Crippen LogP contribution in [0.15, 0.2) is 58.3 Å². The number of amides is 1. The molecule has 10 nitrogen and oxygen atoms in total. The Hall–Kier alpha value is -4.07. The number of ether oxygens (including phenoxy) is 1. The molecule has 0 saturated carbocycles. The number of halogens is 2. The Morgan fingerprint density at radius 3 is 2.33 bits per heavy atom. The van der Waals surface area contributed by atoms with E-state index in [2.05, 4.69) is 39.2 Å². The molecule has 13 heteroatoms. The van der Waals surface area contributed by atoms with Gasteiger partial charge in [0.15, 0.2) is 0 Å². The molecule has 0 spiro atoms. The van der Waals surface area contributed by atoms with E-state index in [1.165, 1.54) is 12.1 Å². The van der Waals surface area contributed by atoms with Crippen molar-refractivity contribution in [2.24, 2.45) is 5.73 Å². The van der Waals surface area contributed by atoms with Crippen LogP contribution in [0.2, 0.25) is 0 Å².